The van der Waals surface area contributed by atoms with Crippen molar-refractivity contribution in [2.45, 2.75) is 49.7 Å². The summed E-state index contributed by atoms with van der Waals surface area (Å²) in [4.78, 5) is 28.2. The lowest BCUT2D eigenvalue weighted by molar-refractivity contribution is 0.00578. The van der Waals surface area contributed by atoms with Gasteiger partial charge in [-0.15, -0.1) is 0 Å². The van der Waals surface area contributed by atoms with Gasteiger partial charge in [0.25, 0.3) is 0 Å². The Bertz CT molecular complexity index is 8260. The molecule has 10 heteroatoms. The molecule has 3 heterocycles. The molecule has 5 aliphatic rings. The van der Waals surface area contributed by atoms with Crippen molar-refractivity contribution in [3.63, 3.8) is 0 Å². The van der Waals surface area contributed by atoms with E-state index in [0.29, 0.717) is 29.1 Å². The Morgan fingerprint density at radius 3 is 0.833 bits per heavy atom. The van der Waals surface area contributed by atoms with Crippen LogP contribution in [0.15, 0.2) is 425 Å². The number of aromatic nitrogens is 6. The van der Waals surface area contributed by atoms with Crippen LogP contribution in [0.25, 0.3) is 188 Å². The van der Waals surface area contributed by atoms with Crippen molar-refractivity contribution in [1.29, 1.82) is 0 Å². The van der Waals surface area contributed by atoms with Gasteiger partial charge >= 0.3 is 7.12 Å². The fourth-order valence-electron chi connectivity index (χ4n) is 22.0. The zero-order valence-electron chi connectivity index (χ0n) is 72.9. The van der Waals surface area contributed by atoms with Crippen LogP contribution in [-0.4, -0.2) is 48.2 Å². The molecule has 0 bridgehead atoms. The van der Waals surface area contributed by atoms with Gasteiger partial charge in [-0.1, -0.05) is 400 Å². The van der Waals surface area contributed by atoms with Crippen molar-refractivity contribution >= 4 is 88.8 Å². The minimum atomic E-state index is -0.454. The third kappa shape index (κ3) is 12.2. The lowest BCUT2D eigenvalue weighted by Crippen LogP contribution is -2.41. The number of hydrogen-bond donors (Lipinski definition) is 0. The molecular formula is C122H82BClN6O2. The Balaban J connectivity index is 0.000000119. The van der Waals surface area contributed by atoms with Crippen LogP contribution in [0.3, 0.4) is 0 Å². The minimum Gasteiger partial charge on any atom is -0.399 e. The number of hydrogen-bond acceptors (Lipinski definition) is 8. The van der Waals surface area contributed by atoms with E-state index in [1.165, 1.54) is 171 Å². The van der Waals surface area contributed by atoms with Crippen LogP contribution >= 0.6 is 11.6 Å². The summed E-state index contributed by atoms with van der Waals surface area (Å²) in [6, 6.07) is 153. The lowest BCUT2D eigenvalue weighted by atomic mass is 9.70. The van der Waals surface area contributed by atoms with Gasteiger partial charge in [0.15, 0.2) is 29.1 Å². The van der Waals surface area contributed by atoms with Crippen molar-refractivity contribution in [3.05, 3.63) is 474 Å². The SMILES string of the molecule is CC1(C)OB(c2cccc3c4cc(-c5ccc6c(c5)C5(c7ccccc7-c7ccccc75)c5ccccc5-6)ccc4c4ccccc4c23)OC1(C)C.Clc1nc(-c2ccccc2)nc(-c2ccccc2)n1.c1ccc(-c2nc(-c3ccccc3)nc(-c3cccc4c5cc(-c6ccc7c(c6)C6(c8ccccc8-c8ccccc86)c6ccccc6-7)ccc5c5ccccc5c34)n2)cc1. The largest absolute Gasteiger partial charge is 0.495 e. The number of halogens is 1. The van der Waals surface area contributed by atoms with Crippen LogP contribution in [0.4, 0.5) is 0 Å². The fraction of sp³-hybridized carbons (Fsp3) is 0.0656. The summed E-state index contributed by atoms with van der Waals surface area (Å²) in [6.07, 6.45) is 0. The molecule has 27 rings (SSSR count). The van der Waals surface area contributed by atoms with Gasteiger partial charge in [0.05, 0.1) is 22.0 Å². The first-order chi connectivity index (χ1) is 64.9. The molecule has 2 aromatic heterocycles. The van der Waals surface area contributed by atoms with Gasteiger partial charge in [0.1, 0.15) is 0 Å². The second kappa shape index (κ2) is 30.7. The molecule has 8 nitrogen and oxygen atoms in total. The van der Waals surface area contributed by atoms with Gasteiger partial charge < -0.3 is 9.31 Å². The summed E-state index contributed by atoms with van der Waals surface area (Å²) in [5.41, 5.74) is 30.4. The maximum absolute atomic E-state index is 6.66. The third-order valence-electron chi connectivity index (χ3n) is 28.5. The Kier molecular flexibility index (Phi) is 18.3. The summed E-state index contributed by atoms with van der Waals surface area (Å²) in [6.45, 7) is 8.50. The molecule has 0 saturated carbocycles. The van der Waals surface area contributed by atoms with E-state index in [-0.39, 0.29) is 10.7 Å². The highest BCUT2D eigenvalue weighted by Crippen LogP contribution is 2.65. The smallest absolute Gasteiger partial charge is 0.399 e. The molecule has 2 spiro atoms. The van der Waals surface area contributed by atoms with Crippen LogP contribution in [0, 0.1) is 0 Å². The van der Waals surface area contributed by atoms with Crippen molar-refractivity contribution < 1.29 is 9.31 Å². The van der Waals surface area contributed by atoms with Gasteiger partial charge in [-0.05, 0) is 240 Å². The molecule has 0 radical (unpaired) electrons. The standard InChI is InChI=1S/C58H35N3.C49H37BO2.C15H10ClN3/c1-3-16-36(17-4-1)55-59-56(37-18-5-2-6-19-37)61-57(60-55)48-26-15-25-47-49-34-38(30-32-41(49)40-20-7-8-24-46(40)54(47)48)39-31-33-45-44-23-11-14-29-52(44)58(53(45)35-39)50-27-12-9-21-42(50)43-22-10-13-28-51(43)58;1-47(2)48(3,4)52-50(51-47)45-23-13-19-39-40-28-30(24-26-33(40)32-14-5-6-18-38(32)46(39)45)31-25-27-37-36-17-9-12-22-43(36)49(44(37)29-31)41-20-10-7-15-34(41)35-16-8-11-21-42(35)49;16-15-18-13(11-7-3-1-4-8-11)17-14(19-15)12-9-5-2-6-10-12/h1-35H;5-29H,1-4H3;1-10H. The van der Waals surface area contributed by atoms with Crippen molar-refractivity contribution in [3.8, 4) is 124 Å². The summed E-state index contributed by atoms with van der Waals surface area (Å²) >= 11 is 5.99. The quantitative estimate of drug-likeness (QED) is 0.110. The van der Waals surface area contributed by atoms with E-state index in [0.717, 1.165) is 38.7 Å². The zero-order chi connectivity index (χ0) is 88.1. The van der Waals surface area contributed by atoms with Gasteiger partial charge in [0.2, 0.25) is 5.28 Å². The highest BCUT2D eigenvalue weighted by atomic mass is 35.5. The minimum absolute atomic E-state index is 0.202. The molecule has 1 saturated heterocycles. The first-order valence-electron chi connectivity index (χ1n) is 45.2. The molecule has 0 unspecified atom stereocenters. The zero-order valence-corrected chi connectivity index (χ0v) is 73.6. The van der Waals surface area contributed by atoms with Crippen LogP contribution in [0.5, 0.6) is 0 Å². The second-order valence-electron chi connectivity index (χ2n) is 36.0. The first kappa shape index (κ1) is 78.5. The van der Waals surface area contributed by atoms with Crippen LogP contribution < -0.4 is 5.46 Å². The lowest BCUT2D eigenvalue weighted by Gasteiger charge is -2.32. The average molecular weight is 1710 g/mol. The normalized spacial score (nSPS) is 14.3. The number of fused-ring (bicyclic) bond motifs is 32. The van der Waals surface area contributed by atoms with Gasteiger partial charge in [0, 0.05) is 33.2 Å². The summed E-state index contributed by atoms with van der Waals surface area (Å²) < 4.78 is 13.3. The Hall–Kier alpha value is -15.7. The Morgan fingerprint density at radius 1 is 0.197 bits per heavy atom. The van der Waals surface area contributed by atoms with E-state index in [9.17, 15) is 0 Å². The molecule has 0 N–H and O–H groups in total. The second-order valence-corrected chi connectivity index (χ2v) is 36.4. The summed E-state index contributed by atoms with van der Waals surface area (Å²) in [5.74, 6) is 3.12. The monoisotopic (exact) mass is 1710 g/mol. The van der Waals surface area contributed by atoms with Crippen LogP contribution in [0.2, 0.25) is 5.28 Å². The molecule has 20 aromatic carbocycles. The Morgan fingerprint density at radius 2 is 0.455 bits per heavy atom. The van der Waals surface area contributed by atoms with E-state index < -0.39 is 23.7 Å². The van der Waals surface area contributed by atoms with E-state index in [2.05, 4.69) is 370 Å². The van der Waals surface area contributed by atoms with Crippen molar-refractivity contribution in [1.82, 2.24) is 29.9 Å². The molecule has 132 heavy (non-hydrogen) atoms. The molecular weight excluding hydrogens is 1630 g/mol. The Labute approximate surface area is 770 Å². The third-order valence-corrected chi connectivity index (χ3v) is 28.7. The van der Waals surface area contributed by atoms with E-state index in [1.54, 1.807) is 0 Å². The number of nitrogens with zero attached hydrogens (tertiary/aromatic N) is 6. The topological polar surface area (TPSA) is 95.8 Å². The van der Waals surface area contributed by atoms with Gasteiger partial charge in [-0.25, -0.2) is 19.9 Å². The van der Waals surface area contributed by atoms with Crippen LogP contribution in [-0.2, 0) is 20.1 Å². The number of rotatable bonds is 8. The molecule has 622 valence electrons. The van der Waals surface area contributed by atoms with Gasteiger partial charge in [-0.2, -0.15) is 9.97 Å². The molecule has 1 aliphatic heterocycles. The highest BCUT2D eigenvalue weighted by molar-refractivity contribution is 6.66. The molecule has 0 amide bonds. The maximum atomic E-state index is 6.66. The molecule has 4 aliphatic carbocycles. The highest BCUT2D eigenvalue weighted by Gasteiger charge is 2.55. The first-order valence-corrected chi connectivity index (χ1v) is 45.6. The molecule has 0 atom stereocenters. The number of benzene rings is 20. The predicted molar refractivity (Wildman–Crippen MR) is 543 cm³/mol. The predicted octanol–water partition coefficient (Wildman–Crippen LogP) is 29.7. The van der Waals surface area contributed by atoms with Crippen LogP contribution in [0.1, 0.15) is 72.2 Å². The molecule has 1 fully saturated rings. The fourth-order valence-corrected chi connectivity index (χ4v) is 22.2. The van der Waals surface area contributed by atoms with Crippen molar-refractivity contribution in [2.24, 2.45) is 0 Å². The summed E-state index contributed by atoms with van der Waals surface area (Å²) in [7, 11) is -0.454. The van der Waals surface area contributed by atoms with Gasteiger partial charge in [-0.3, -0.25) is 0 Å². The average Bonchev–Trinajstić information content (AvgIpc) is 1.51. The van der Waals surface area contributed by atoms with E-state index >= 15 is 0 Å². The van der Waals surface area contributed by atoms with Crippen molar-refractivity contribution in [2.75, 3.05) is 0 Å². The van der Waals surface area contributed by atoms with E-state index in [4.69, 9.17) is 35.9 Å². The molecule has 22 aromatic rings. The van der Waals surface area contributed by atoms with E-state index in [1.807, 2.05) is 97.1 Å². The summed E-state index contributed by atoms with van der Waals surface area (Å²) in [5, 5.41) is 14.7. The maximum Gasteiger partial charge on any atom is 0.495 e.